The van der Waals surface area contributed by atoms with Gasteiger partial charge >= 0.3 is 0 Å². The summed E-state index contributed by atoms with van der Waals surface area (Å²) in [6.07, 6.45) is 3.30. The third kappa shape index (κ3) is 2.72. The van der Waals surface area contributed by atoms with Crippen molar-refractivity contribution < 1.29 is 4.39 Å². The molecule has 1 aromatic carbocycles. The van der Waals surface area contributed by atoms with Crippen molar-refractivity contribution in [1.29, 1.82) is 0 Å². The molecule has 3 nitrogen and oxygen atoms in total. The molecule has 1 aromatic heterocycles. The summed E-state index contributed by atoms with van der Waals surface area (Å²) in [4.78, 5) is 5.90. The van der Waals surface area contributed by atoms with Gasteiger partial charge in [0.2, 0.25) is 0 Å². The largest absolute Gasteiger partial charge is 0.396 e. The van der Waals surface area contributed by atoms with E-state index in [1.54, 1.807) is 18.5 Å². The number of anilines is 2. The quantitative estimate of drug-likeness (QED) is 0.882. The first-order valence-electron chi connectivity index (χ1n) is 5.32. The van der Waals surface area contributed by atoms with Gasteiger partial charge in [-0.3, -0.25) is 4.98 Å². The highest BCUT2D eigenvalue weighted by Crippen LogP contribution is 2.21. The van der Waals surface area contributed by atoms with Gasteiger partial charge in [-0.25, -0.2) is 4.39 Å². The standard InChI is InChI=1S/C13H14FN3/c1-17(13-5-6-16-8-12(13)15)9-10-3-2-4-11(14)7-10/h2-8H,9,15H2,1H3. The molecule has 0 aliphatic rings. The zero-order valence-corrected chi connectivity index (χ0v) is 9.60. The van der Waals surface area contributed by atoms with E-state index in [0.29, 0.717) is 12.2 Å². The highest BCUT2D eigenvalue weighted by atomic mass is 19.1. The lowest BCUT2D eigenvalue weighted by Gasteiger charge is -2.20. The van der Waals surface area contributed by atoms with Crippen molar-refractivity contribution in [2.45, 2.75) is 6.54 Å². The molecule has 88 valence electrons. The molecular formula is C13H14FN3. The monoisotopic (exact) mass is 231 g/mol. The van der Waals surface area contributed by atoms with Gasteiger partial charge in [0.1, 0.15) is 5.82 Å². The van der Waals surface area contributed by atoms with Gasteiger partial charge in [0, 0.05) is 19.8 Å². The van der Waals surface area contributed by atoms with E-state index in [2.05, 4.69) is 4.98 Å². The molecule has 0 amide bonds. The lowest BCUT2D eigenvalue weighted by Crippen LogP contribution is -2.17. The Morgan fingerprint density at radius 2 is 2.18 bits per heavy atom. The third-order valence-electron chi connectivity index (χ3n) is 2.55. The van der Waals surface area contributed by atoms with E-state index in [1.807, 2.05) is 24.1 Å². The fourth-order valence-electron chi connectivity index (χ4n) is 1.74. The number of benzene rings is 1. The van der Waals surface area contributed by atoms with Gasteiger partial charge in [-0.15, -0.1) is 0 Å². The molecule has 0 bridgehead atoms. The third-order valence-corrected chi connectivity index (χ3v) is 2.55. The minimum Gasteiger partial charge on any atom is -0.396 e. The van der Waals surface area contributed by atoms with Gasteiger partial charge < -0.3 is 10.6 Å². The zero-order valence-electron chi connectivity index (χ0n) is 9.60. The average molecular weight is 231 g/mol. The Bertz CT molecular complexity index is 514. The first-order chi connectivity index (χ1) is 8.16. The SMILES string of the molecule is CN(Cc1cccc(F)c1)c1ccncc1N. The van der Waals surface area contributed by atoms with E-state index in [4.69, 9.17) is 5.73 Å². The number of halogens is 1. The first-order valence-corrected chi connectivity index (χ1v) is 5.32. The second-order valence-corrected chi connectivity index (χ2v) is 3.92. The fraction of sp³-hybridized carbons (Fsp3) is 0.154. The van der Waals surface area contributed by atoms with Crippen LogP contribution in [-0.2, 0) is 6.54 Å². The van der Waals surface area contributed by atoms with Crippen molar-refractivity contribution in [2.24, 2.45) is 0 Å². The van der Waals surface area contributed by atoms with Crippen LogP contribution < -0.4 is 10.6 Å². The summed E-state index contributed by atoms with van der Waals surface area (Å²) in [5.41, 5.74) is 8.24. The Hall–Kier alpha value is -2.10. The second kappa shape index (κ2) is 4.82. The average Bonchev–Trinajstić information content (AvgIpc) is 2.29. The second-order valence-electron chi connectivity index (χ2n) is 3.92. The Kier molecular flexibility index (Phi) is 3.23. The van der Waals surface area contributed by atoms with Crippen LogP contribution in [0.1, 0.15) is 5.56 Å². The van der Waals surface area contributed by atoms with Crippen LogP contribution in [0.4, 0.5) is 15.8 Å². The summed E-state index contributed by atoms with van der Waals surface area (Å²) in [6.45, 7) is 0.603. The number of rotatable bonds is 3. The molecule has 0 fully saturated rings. The Labute approximate surface area is 99.7 Å². The molecule has 2 rings (SSSR count). The van der Waals surface area contributed by atoms with Crippen molar-refractivity contribution >= 4 is 11.4 Å². The zero-order chi connectivity index (χ0) is 12.3. The number of nitrogens with two attached hydrogens (primary N) is 1. The normalized spacial score (nSPS) is 10.2. The van der Waals surface area contributed by atoms with Crippen LogP contribution in [0.15, 0.2) is 42.7 Å². The summed E-state index contributed by atoms with van der Waals surface area (Å²) >= 11 is 0. The number of nitrogen functional groups attached to an aromatic ring is 1. The lowest BCUT2D eigenvalue weighted by atomic mass is 10.2. The van der Waals surface area contributed by atoms with E-state index < -0.39 is 0 Å². The molecule has 17 heavy (non-hydrogen) atoms. The van der Waals surface area contributed by atoms with Crippen molar-refractivity contribution in [3.05, 3.63) is 54.1 Å². The Balaban J connectivity index is 2.17. The molecular weight excluding hydrogens is 217 g/mol. The van der Waals surface area contributed by atoms with Crippen LogP contribution in [-0.4, -0.2) is 12.0 Å². The molecule has 2 aromatic rings. The minimum absolute atomic E-state index is 0.224. The molecule has 0 saturated heterocycles. The highest BCUT2D eigenvalue weighted by Gasteiger charge is 2.05. The maximum atomic E-state index is 13.0. The molecule has 0 aliphatic carbocycles. The topological polar surface area (TPSA) is 42.2 Å². The van der Waals surface area contributed by atoms with Gasteiger partial charge in [0.25, 0.3) is 0 Å². The highest BCUT2D eigenvalue weighted by molar-refractivity contribution is 5.65. The van der Waals surface area contributed by atoms with E-state index in [-0.39, 0.29) is 5.82 Å². The van der Waals surface area contributed by atoms with Crippen LogP contribution in [0.25, 0.3) is 0 Å². The molecule has 4 heteroatoms. The molecule has 0 unspecified atom stereocenters. The number of hydrogen-bond acceptors (Lipinski definition) is 3. The van der Waals surface area contributed by atoms with E-state index in [1.165, 1.54) is 12.1 Å². The van der Waals surface area contributed by atoms with Gasteiger partial charge in [-0.2, -0.15) is 0 Å². The van der Waals surface area contributed by atoms with Crippen LogP contribution >= 0.6 is 0 Å². The predicted octanol–water partition coefficient (Wildman–Crippen LogP) is 2.44. The molecule has 2 N–H and O–H groups in total. The number of hydrogen-bond donors (Lipinski definition) is 1. The summed E-state index contributed by atoms with van der Waals surface area (Å²) < 4.78 is 13.0. The first kappa shape index (κ1) is 11.4. The van der Waals surface area contributed by atoms with Gasteiger partial charge in [0.05, 0.1) is 17.6 Å². The Morgan fingerprint density at radius 3 is 2.88 bits per heavy atom. The van der Waals surface area contributed by atoms with Crippen molar-refractivity contribution in [1.82, 2.24) is 4.98 Å². The summed E-state index contributed by atoms with van der Waals surface area (Å²) in [5, 5.41) is 0. The summed E-state index contributed by atoms with van der Waals surface area (Å²) in [5.74, 6) is -0.224. The number of nitrogens with zero attached hydrogens (tertiary/aromatic N) is 2. The van der Waals surface area contributed by atoms with E-state index >= 15 is 0 Å². The Morgan fingerprint density at radius 1 is 1.35 bits per heavy atom. The molecule has 0 aliphatic heterocycles. The summed E-state index contributed by atoms with van der Waals surface area (Å²) in [7, 11) is 1.91. The van der Waals surface area contributed by atoms with Crippen molar-refractivity contribution in [3.8, 4) is 0 Å². The van der Waals surface area contributed by atoms with Crippen LogP contribution in [0, 0.1) is 5.82 Å². The number of aromatic nitrogens is 1. The van der Waals surface area contributed by atoms with Gasteiger partial charge in [-0.05, 0) is 23.8 Å². The van der Waals surface area contributed by atoms with Crippen LogP contribution in [0.5, 0.6) is 0 Å². The van der Waals surface area contributed by atoms with E-state index in [9.17, 15) is 4.39 Å². The van der Waals surface area contributed by atoms with Crippen molar-refractivity contribution in [3.63, 3.8) is 0 Å². The lowest BCUT2D eigenvalue weighted by molar-refractivity contribution is 0.625. The molecule has 1 heterocycles. The number of pyridine rings is 1. The predicted molar refractivity (Wildman–Crippen MR) is 67.2 cm³/mol. The van der Waals surface area contributed by atoms with Crippen LogP contribution in [0.2, 0.25) is 0 Å². The smallest absolute Gasteiger partial charge is 0.123 e. The molecule has 0 saturated carbocycles. The maximum absolute atomic E-state index is 13.0. The van der Waals surface area contributed by atoms with Gasteiger partial charge in [-0.1, -0.05) is 12.1 Å². The van der Waals surface area contributed by atoms with E-state index in [0.717, 1.165) is 11.3 Å². The summed E-state index contributed by atoms with van der Waals surface area (Å²) in [6, 6.07) is 8.39. The maximum Gasteiger partial charge on any atom is 0.123 e. The molecule has 0 spiro atoms. The van der Waals surface area contributed by atoms with Crippen LogP contribution in [0.3, 0.4) is 0 Å². The molecule has 0 atom stereocenters. The fourth-order valence-corrected chi connectivity index (χ4v) is 1.74. The van der Waals surface area contributed by atoms with Gasteiger partial charge in [0.15, 0.2) is 0 Å². The minimum atomic E-state index is -0.224. The molecule has 0 radical (unpaired) electrons. The van der Waals surface area contributed by atoms with Crippen molar-refractivity contribution in [2.75, 3.05) is 17.7 Å².